The summed E-state index contributed by atoms with van der Waals surface area (Å²) in [6.07, 6.45) is 5.96. The minimum absolute atomic E-state index is 0.0742. The van der Waals surface area contributed by atoms with Crippen LogP contribution in [0.4, 0.5) is 0 Å². The van der Waals surface area contributed by atoms with Gasteiger partial charge in [0.25, 0.3) is 0 Å². The molecule has 1 aromatic heterocycles. The van der Waals surface area contributed by atoms with Crippen LogP contribution in [0.15, 0.2) is 72.9 Å². The number of rotatable bonds is 10. The summed E-state index contributed by atoms with van der Waals surface area (Å²) in [5.74, 6) is 0.622. The van der Waals surface area contributed by atoms with E-state index in [4.69, 9.17) is 21.1 Å². The number of para-hydroxylation sites is 1. The van der Waals surface area contributed by atoms with Crippen LogP contribution in [0.1, 0.15) is 48.4 Å². The summed E-state index contributed by atoms with van der Waals surface area (Å²) in [5.41, 5.74) is 3.15. The molecular formula is C32H34ClN3O4. The molecule has 1 fully saturated rings. The minimum atomic E-state index is -0.949. The van der Waals surface area contributed by atoms with Crippen LogP contribution in [0.5, 0.6) is 11.5 Å². The molecule has 2 amide bonds. The third-order valence-corrected chi connectivity index (χ3v) is 8.00. The first kappa shape index (κ1) is 27.6. The van der Waals surface area contributed by atoms with Crippen LogP contribution >= 0.6 is 11.6 Å². The van der Waals surface area contributed by atoms with Gasteiger partial charge in [0.1, 0.15) is 17.5 Å². The lowest BCUT2D eigenvalue weighted by Crippen LogP contribution is -2.46. The average molecular weight is 560 g/mol. The number of carbonyl (C=O) groups excluding carboxylic acids is 2. The summed E-state index contributed by atoms with van der Waals surface area (Å²) in [6, 6.07) is 19.7. The zero-order chi connectivity index (χ0) is 28.1. The van der Waals surface area contributed by atoms with Crippen LogP contribution in [0.25, 0.3) is 10.9 Å². The van der Waals surface area contributed by atoms with Crippen LogP contribution in [0.3, 0.4) is 0 Å². The van der Waals surface area contributed by atoms with E-state index in [0.29, 0.717) is 22.1 Å². The van der Waals surface area contributed by atoms with Gasteiger partial charge in [-0.1, -0.05) is 60.8 Å². The van der Waals surface area contributed by atoms with E-state index in [0.717, 1.165) is 47.7 Å². The zero-order valence-electron chi connectivity index (χ0n) is 22.8. The molecule has 7 nitrogen and oxygen atoms in total. The number of aromatic nitrogens is 1. The molecule has 0 aliphatic heterocycles. The van der Waals surface area contributed by atoms with Crippen molar-refractivity contribution >= 4 is 34.3 Å². The normalized spacial score (nSPS) is 14.2. The van der Waals surface area contributed by atoms with E-state index in [2.05, 4.69) is 10.3 Å². The molecular weight excluding hydrogens is 526 g/mol. The number of halogens is 1. The fourth-order valence-electron chi connectivity index (χ4n) is 5.52. The standard InChI is InChI=1S/C32H34ClN3O4/c1-39-24-15-16-26(29(18-24)40-2)31(32(38)35-23-10-4-5-11-23)36(20-21-9-3-7-13-27(21)33)30(37)17-22-19-34-28-14-8-6-12-25(22)28/h3,6-9,12-16,18-19,23,31,34H,4-5,10-11,17,20H2,1-2H3,(H,35,38). The Labute approximate surface area is 239 Å². The van der Waals surface area contributed by atoms with Crippen LogP contribution in [0.2, 0.25) is 5.02 Å². The molecule has 1 unspecified atom stereocenters. The number of nitrogens with zero attached hydrogens (tertiary/aromatic N) is 1. The number of benzene rings is 3. The predicted octanol–water partition coefficient (Wildman–Crippen LogP) is 6.21. The first-order chi connectivity index (χ1) is 19.5. The molecule has 4 aromatic rings. The maximum absolute atomic E-state index is 14.3. The summed E-state index contributed by atoms with van der Waals surface area (Å²) in [7, 11) is 3.13. The molecule has 1 aliphatic carbocycles. The summed E-state index contributed by atoms with van der Waals surface area (Å²) >= 11 is 6.58. The zero-order valence-corrected chi connectivity index (χ0v) is 23.5. The highest BCUT2D eigenvalue weighted by molar-refractivity contribution is 6.31. The quantitative estimate of drug-likeness (QED) is 0.242. The van der Waals surface area contributed by atoms with Crippen molar-refractivity contribution in [3.63, 3.8) is 0 Å². The Morgan fingerprint density at radius 1 is 1.00 bits per heavy atom. The molecule has 2 N–H and O–H groups in total. The van der Waals surface area contributed by atoms with Crippen molar-refractivity contribution in [2.24, 2.45) is 0 Å². The van der Waals surface area contributed by atoms with Crippen molar-refractivity contribution in [2.45, 2.75) is 50.7 Å². The molecule has 0 saturated heterocycles. The van der Waals surface area contributed by atoms with Gasteiger partial charge in [0.2, 0.25) is 11.8 Å². The molecule has 40 heavy (non-hydrogen) atoms. The Balaban J connectivity index is 1.59. The van der Waals surface area contributed by atoms with Crippen LogP contribution < -0.4 is 14.8 Å². The SMILES string of the molecule is COc1ccc(C(C(=O)NC2CCCC2)N(Cc2ccccc2Cl)C(=O)Cc2c[nH]c3ccccc23)c(OC)c1. The topological polar surface area (TPSA) is 83.7 Å². The lowest BCUT2D eigenvalue weighted by Gasteiger charge is -2.33. The third kappa shape index (κ3) is 5.94. The van der Waals surface area contributed by atoms with Gasteiger partial charge in [0.05, 0.1) is 20.6 Å². The number of carbonyl (C=O) groups is 2. The van der Waals surface area contributed by atoms with Crippen molar-refractivity contribution in [1.82, 2.24) is 15.2 Å². The van der Waals surface area contributed by atoms with Gasteiger partial charge in [-0.2, -0.15) is 0 Å². The molecule has 1 atom stereocenters. The molecule has 0 bridgehead atoms. The van der Waals surface area contributed by atoms with Gasteiger partial charge in [0, 0.05) is 46.3 Å². The number of amides is 2. The highest BCUT2D eigenvalue weighted by atomic mass is 35.5. The Morgan fingerprint density at radius 2 is 1.75 bits per heavy atom. The third-order valence-electron chi connectivity index (χ3n) is 7.63. The Morgan fingerprint density at radius 3 is 2.50 bits per heavy atom. The van der Waals surface area contributed by atoms with Crippen LogP contribution in [0, 0.1) is 0 Å². The number of methoxy groups -OCH3 is 2. The highest BCUT2D eigenvalue weighted by Crippen LogP contribution is 2.36. The van der Waals surface area contributed by atoms with E-state index in [9.17, 15) is 9.59 Å². The molecule has 208 valence electrons. The van der Waals surface area contributed by atoms with E-state index in [-0.39, 0.29) is 30.8 Å². The van der Waals surface area contributed by atoms with Crippen molar-refractivity contribution in [1.29, 1.82) is 0 Å². The second kappa shape index (κ2) is 12.5. The number of hydrogen-bond acceptors (Lipinski definition) is 4. The molecule has 0 radical (unpaired) electrons. The van der Waals surface area contributed by atoms with Crippen molar-refractivity contribution in [3.05, 3.63) is 94.6 Å². The molecule has 1 saturated carbocycles. The fourth-order valence-corrected chi connectivity index (χ4v) is 5.72. The molecule has 8 heteroatoms. The number of fused-ring (bicyclic) bond motifs is 1. The number of nitrogens with one attached hydrogen (secondary N) is 2. The Bertz CT molecular complexity index is 1490. The number of hydrogen-bond donors (Lipinski definition) is 2. The van der Waals surface area contributed by atoms with Crippen molar-refractivity contribution in [3.8, 4) is 11.5 Å². The Kier molecular flexibility index (Phi) is 8.60. The van der Waals surface area contributed by atoms with E-state index in [1.54, 1.807) is 43.4 Å². The second-order valence-corrected chi connectivity index (χ2v) is 10.6. The van der Waals surface area contributed by atoms with E-state index in [1.807, 2.05) is 48.7 Å². The fraction of sp³-hybridized carbons (Fsp3) is 0.312. The first-order valence-electron chi connectivity index (χ1n) is 13.6. The highest BCUT2D eigenvalue weighted by Gasteiger charge is 2.35. The smallest absolute Gasteiger partial charge is 0.247 e. The minimum Gasteiger partial charge on any atom is -0.497 e. The van der Waals surface area contributed by atoms with E-state index >= 15 is 0 Å². The Hall–Kier alpha value is -3.97. The maximum atomic E-state index is 14.3. The maximum Gasteiger partial charge on any atom is 0.247 e. The largest absolute Gasteiger partial charge is 0.497 e. The summed E-state index contributed by atoms with van der Waals surface area (Å²) in [4.78, 5) is 33.3. The number of H-pyrrole nitrogens is 1. The van der Waals surface area contributed by atoms with Crippen molar-refractivity contribution in [2.75, 3.05) is 14.2 Å². The summed E-state index contributed by atoms with van der Waals surface area (Å²) in [5, 5.41) is 4.73. The first-order valence-corrected chi connectivity index (χ1v) is 14.0. The van der Waals surface area contributed by atoms with Crippen LogP contribution in [-0.4, -0.2) is 42.0 Å². The van der Waals surface area contributed by atoms with E-state index in [1.165, 1.54) is 0 Å². The molecule has 3 aromatic carbocycles. The van der Waals surface area contributed by atoms with Gasteiger partial charge in [-0.05, 0) is 48.2 Å². The lowest BCUT2D eigenvalue weighted by molar-refractivity contribution is -0.141. The lowest BCUT2D eigenvalue weighted by atomic mass is 9.99. The van der Waals surface area contributed by atoms with Gasteiger partial charge >= 0.3 is 0 Å². The van der Waals surface area contributed by atoms with Crippen molar-refractivity contribution < 1.29 is 19.1 Å². The predicted molar refractivity (Wildman–Crippen MR) is 157 cm³/mol. The average Bonchev–Trinajstić information content (AvgIpc) is 3.64. The monoisotopic (exact) mass is 559 g/mol. The molecule has 5 rings (SSSR count). The molecule has 1 aliphatic rings. The van der Waals surface area contributed by atoms with Gasteiger partial charge in [-0.15, -0.1) is 0 Å². The van der Waals surface area contributed by atoms with E-state index < -0.39 is 6.04 Å². The number of ether oxygens (including phenoxy) is 2. The van der Waals surface area contributed by atoms with Crippen LogP contribution in [-0.2, 0) is 22.6 Å². The van der Waals surface area contributed by atoms with Gasteiger partial charge in [-0.25, -0.2) is 0 Å². The van der Waals surface area contributed by atoms with Gasteiger partial charge in [-0.3, -0.25) is 9.59 Å². The number of aromatic amines is 1. The summed E-state index contributed by atoms with van der Waals surface area (Å²) in [6.45, 7) is 0.152. The molecule has 1 heterocycles. The van der Waals surface area contributed by atoms with Gasteiger partial charge in [0.15, 0.2) is 0 Å². The van der Waals surface area contributed by atoms with Gasteiger partial charge < -0.3 is 24.7 Å². The summed E-state index contributed by atoms with van der Waals surface area (Å²) < 4.78 is 11.1. The second-order valence-electron chi connectivity index (χ2n) is 10.1. The molecule has 0 spiro atoms.